The molecule has 1 aromatic heterocycles. The monoisotopic (exact) mass is 244 g/mol. The molecule has 0 atom stereocenters. The van der Waals surface area contributed by atoms with E-state index in [1.165, 1.54) is 17.4 Å². The number of hydrogen-bond donors (Lipinski definition) is 2. The van der Waals surface area contributed by atoms with Gasteiger partial charge in [-0.3, -0.25) is 0 Å². The summed E-state index contributed by atoms with van der Waals surface area (Å²) >= 11 is 11.6. The summed E-state index contributed by atoms with van der Waals surface area (Å²) in [5.74, 6) is -0.979. The first-order valence-corrected chi connectivity index (χ1v) is 5.43. The summed E-state index contributed by atoms with van der Waals surface area (Å²) in [6.45, 7) is 0. The predicted octanol–water partition coefficient (Wildman–Crippen LogP) is 3.54. The van der Waals surface area contributed by atoms with Crippen molar-refractivity contribution < 1.29 is 9.90 Å². The van der Waals surface area contributed by atoms with Gasteiger partial charge in [0.1, 0.15) is 0 Å². The second-order valence-electron chi connectivity index (χ2n) is 2.76. The zero-order valence-corrected chi connectivity index (χ0v) is 9.29. The van der Waals surface area contributed by atoms with Gasteiger partial charge in [0, 0.05) is 15.7 Å². The van der Waals surface area contributed by atoms with Crippen LogP contribution in [0.25, 0.3) is 10.1 Å². The van der Waals surface area contributed by atoms with E-state index in [2.05, 4.69) is 12.6 Å². The Balaban J connectivity index is 2.82. The van der Waals surface area contributed by atoms with Crippen LogP contribution in [0.2, 0.25) is 5.02 Å². The van der Waals surface area contributed by atoms with Crippen LogP contribution in [-0.2, 0) is 0 Å². The molecule has 0 spiro atoms. The summed E-state index contributed by atoms with van der Waals surface area (Å²) in [7, 11) is 0. The molecule has 0 aliphatic heterocycles. The molecule has 2 nitrogen and oxygen atoms in total. The molecule has 0 radical (unpaired) electrons. The zero-order chi connectivity index (χ0) is 10.3. The Hall–Kier alpha value is -0.710. The van der Waals surface area contributed by atoms with Crippen molar-refractivity contribution in [3.63, 3.8) is 0 Å². The number of carboxylic acid groups (broad SMARTS) is 1. The maximum atomic E-state index is 10.7. The summed E-state index contributed by atoms with van der Waals surface area (Å²) in [5.41, 5.74) is 0.191. The molecule has 1 N–H and O–H groups in total. The highest BCUT2D eigenvalue weighted by molar-refractivity contribution is 7.80. The molecular weight excluding hydrogens is 240 g/mol. The van der Waals surface area contributed by atoms with E-state index < -0.39 is 5.97 Å². The van der Waals surface area contributed by atoms with Crippen molar-refractivity contribution in [1.82, 2.24) is 0 Å². The topological polar surface area (TPSA) is 37.3 Å². The Morgan fingerprint density at radius 1 is 1.50 bits per heavy atom. The SMILES string of the molecule is O=C(O)c1cc(Cl)c2scc(S)c2c1. The normalized spacial score (nSPS) is 10.7. The molecule has 0 saturated heterocycles. The van der Waals surface area contributed by atoms with Crippen molar-refractivity contribution in [1.29, 1.82) is 0 Å². The Morgan fingerprint density at radius 2 is 2.21 bits per heavy atom. The first-order chi connectivity index (χ1) is 6.59. The summed E-state index contributed by atoms with van der Waals surface area (Å²) in [4.78, 5) is 11.5. The van der Waals surface area contributed by atoms with Crippen LogP contribution in [0.15, 0.2) is 22.4 Å². The number of carbonyl (C=O) groups is 1. The first kappa shape index (κ1) is 9.83. The lowest BCUT2D eigenvalue weighted by Gasteiger charge is -1.98. The van der Waals surface area contributed by atoms with Crippen LogP contribution in [0.3, 0.4) is 0 Å². The van der Waals surface area contributed by atoms with Crippen LogP contribution in [0.1, 0.15) is 10.4 Å². The van der Waals surface area contributed by atoms with Crippen molar-refractivity contribution in [2.75, 3.05) is 0 Å². The molecule has 0 bridgehead atoms. The van der Waals surface area contributed by atoms with Gasteiger partial charge in [-0.2, -0.15) is 0 Å². The van der Waals surface area contributed by atoms with Crippen LogP contribution in [0.4, 0.5) is 0 Å². The number of hydrogen-bond acceptors (Lipinski definition) is 3. The van der Waals surface area contributed by atoms with Gasteiger partial charge in [-0.1, -0.05) is 11.6 Å². The van der Waals surface area contributed by atoms with Gasteiger partial charge in [0.2, 0.25) is 0 Å². The van der Waals surface area contributed by atoms with Gasteiger partial charge in [0.25, 0.3) is 0 Å². The summed E-state index contributed by atoms with van der Waals surface area (Å²) in [6, 6.07) is 3.04. The lowest BCUT2D eigenvalue weighted by atomic mass is 10.2. The minimum absolute atomic E-state index is 0.191. The fourth-order valence-corrected chi connectivity index (χ4v) is 2.79. The quantitative estimate of drug-likeness (QED) is 0.753. The Kier molecular flexibility index (Phi) is 2.43. The van der Waals surface area contributed by atoms with E-state index in [1.54, 1.807) is 6.07 Å². The fraction of sp³-hybridized carbons (Fsp3) is 0. The van der Waals surface area contributed by atoms with Gasteiger partial charge in [-0.05, 0) is 12.1 Å². The predicted molar refractivity (Wildman–Crippen MR) is 61.0 cm³/mol. The van der Waals surface area contributed by atoms with Crippen molar-refractivity contribution in [3.8, 4) is 0 Å². The van der Waals surface area contributed by atoms with E-state index in [1.807, 2.05) is 5.38 Å². The summed E-state index contributed by atoms with van der Waals surface area (Å²) in [5, 5.41) is 11.9. The molecule has 0 unspecified atom stereocenters. The number of aromatic carboxylic acids is 1. The van der Waals surface area contributed by atoms with E-state index in [0.717, 1.165) is 15.0 Å². The number of thiol groups is 1. The molecule has 72 valence electrons. The van der Waals surface area contributed by atoms with Crippen molar-refractivity contribution in [2.45, 2.75) is 4.90 Å². The van der Waals surface area contributed by atoms with Crippen molar-refractivity contribution in [3.05, 3.63) is 28.1 Å². The fourth-order valence-electron chi connectivity index (χ4n) is 1.21. The van der Waals surface area contributed by atoms with E-state index in [4.69, 9.17) is 16.7 Å². The van der Waals surface area contributed by atoms with Gasteiger partial charge < -0.3 is 5.11 Å². The third kappa shape index (κ3) is 1.49. The van der Waals surface area contributed by atoms with Crippen LogP contribution in [0, 0.1) is 0 Å². The largest absolute Gasteiger partial charge is 0.478 e. The molecule has 0 fully saturated rings. The molecule has 1 heterocycles. The molecular formula is C9H5ClO2S2. The van der Waals surface area contributed by atoms with Gasteiger partial charge >= 0.3 is 5.97 Å². The van der Waals surface area contributed by atoms with Crippen LogP contribution < -0.4 is 0 Å². The van der Waals surface area contributed by atoms with E-state index in [0.29, 0.717) is 5.02 Å². The van der Waals surface area contributed by atoms with Crippen LogP contribution >= 0.6 is 35.6 Å². The summed E-state index contributed by atoms with van der Waals surface area (Å²) in [6.07, 6.45) is 0. The second kappa shape index (κ2) is 3.46. The molecule has 0 aliphatic rings. The molecule has 1 aromatic carbocycles. The molecule has 2 rings (SSSR count). The number of rotatable bonds is 1. The maximum Gasteiger partial charge on any atom is 0.335 e. The van der Waals surface area contributed by atoms with Gasteiger partial charge in [0.15, 0.2) is 0 Å². The van der Waals surface area contributed by atoms with E-state index in [9.17, 15) is 4.79 Å². The van der Waals surface area contributed by atoms with Gasteiger partial charge in [-0.15, -0.1) is 24.0 Å². The molecule has 2 aromatic rings. The first-order valence-electron chi connectivity index (χ1n) is 3.72. The lowest BCUT2D eigenvalue weighted by Crippen LogP contribution is -1.95. The molecule has 0 aliphatic carbocycles. The Bertz CT molecular complexity index is 519. The van der Waals surface area contributed by atoms with Crippen LogP contribution in [-0.4, -0.2) is 11.1 Å². The number of thiophene rings is 1. The maximum absolute atomic E-state index is 10.7. The number of fused-ring (bicyclic) bond motifs is 1. The lowest BCUT2D eigenvalue weighted by molar-refractivity contribution is 0.0697. The molecule has 5 heteroatoms. The zero-order valence-electron chi connectivity index (χ0n) is 6.82. The van der Waals surface area contributed by atoms with E-state index in [-0.39, 0.29) is 5.56 Å². The molecule has 14 heavy (non-hydrogen) atoms. The second-order valence-corrected chi connectivity index (χ2v) is 4.53. The standard InChI is InChI=1S/C9H5ClO2S2/c10-6-2-4(9(11)12)1-5-7(13)3-14-8(5)6/h1-3,13H,(H,11,12). The van der Waals surface area contributed by atoms with Gasteiger partial charge in [-0.25, -0.2) is 4.79 Å². The van der Waals surface area contributed by atoms with Gasteiger partial charge in [0.05, 0.1) is 15.3 Å². The van der Waals surface area contributed by atoms with Crippen molar-refractivity contribution >= 4 is 51.6 Å². The minimum Gasteiger partial charge on any atom is -0.478 e. The third-order valence-corrected chi connectivity index (χ3v) is 3.84. The van der Waals surface area contributed by atoms with E-state index >= 15 is 0 Å². The van der Waals surface area contributed by atoms with Crippen molar-refractivity contribution in [2.24, 2.45) is 0 Å². The minimum atomic E-state index is -0.979. The average Bonchev–Trinajstić information content (AvgIpc) is 2.48. The third-order valence-electron chi connectivity index (χ3n) is 1.85. The Labute approximate surface area is 94.5 Å². The smallest absolute Gasteiger partial charge is 0.335 e. The molecule has 0 amide bonds. The Morgan fingerprint density at radius 3 is 2.86 bits per heavy atom. The average molecular weight is 245 g/mol. The number of benzene rings is 1. The highest BCUT2D eigenvalue weighted by Crippen LogP contribution is 2.34. The highest BCUT2D eigenvalue weighted by Gasteiger charge is 2.10. The number of carboxylic acids is 1. The number of halogens is 1. The van der Waals surface area contributed by atoms with Crippen LogP contribution in [0.5, 0.6) is 0 Å². The summed E-state index contributed by atoms with van der Waals surface area (Å²) < 4.78 is 0.877. The highest BCUT2D eigenvalue weighted by atomic mass is 35.5. The molecule has 0 saturated carbocycles.